The van der Waals surface area contributed by atoms with Crippen LogP contribution in [0.2, 0.25) is 0 Å². The van der Waals surface area contributed by atoms with E-state index in [1.54, 1.807) is 6.20 Å². The molecule has 0 bridgehead atoms. The lowest BCUT2D eigenvalue weighted by molar-refractivity contribution is -0.119. The van der Waals surface area contributed by atoms with Gasteiger partial charge in [-0.05, 0) is 39.9 Å². The quantitative estimate of drug-likeness (QED) is 0.824. The highest BCUT2D eigenvalue weighted by Crippen LogP contribution is 2.20. The van der Waals surface area contributed by atoms with E-state index in [9.17, 15) is 4.79 Å². The van der Waals surface area contributed by atoms with Gasteiger partial charge in [0.25, 0.3) is 0 Å². The van der Waals surface area contributed by atoms with Crippen LogP contribution < -0.4 is 11.1 Å². The zero-order valence-electron chi connectivity index (χ0n) is 10.5. The third-order valence-electron chi connectivity index (χ3n) is 2.50. The Hall–Kier alpha value is -0.940. The van der Waals surface area contributed by atoms with E-state index in [2.05, 4.69) is 26.2 Å². The fourth-order valence-electron chi connectivity index (χ4n) is 1.24. The van der Waals surface area contributed by atoms with Crippen LogP contribution in [0.5, 0.6) is 0 Å². The Bertz CT molecular complexity index is 426. The van der Waals surface area contributed by atoms with Gasteiger partial charge in [0.2, 0.25) is 5.91 Å². The number of halogens is 1. The van der Waals surface area contributed by atoms with Crippen LogP contribution in [0, 0.1) is 12.3 Å². The van der Waals surface area contributed by atoms with Crippen molar-refractivity contribution in [3.8, 4) is 0 Å². The lowest BCUT2D eigenvalue weighted by Crippen LogP contribution is -2.45. The number of hydrogen-bond donors (Lipinski definition) is 2. The molecule has 0 aliphatic carbocycles. The Kier molecular flexibility index (Phi) is 4.27. The smallest absolute Gasteiger partial charge is 0.241 e. The molecule has 1 amide bonds. The number of amides is 1. The van der Waals surface area contributed by atoms with E-state index in [0.717, 1.165) is 10.2 Å². The first kappa shape index (κ1) is 14.1. The van der Waals surface area contributed by atoms with Crippen molar-refractivity contribution in [3.05, 3.63) is 22.4 Å². The lowest BCUT2D eigenvalue weighted by Gasteiger charge is -2.25. The summed E-state index contributed by atoms with van der Waals surface area (Å²) in [6.45, 7) is 7.71. The average Bonchev–Trinajstić information content (AvgIpc) is 2.21. The standard InChI is InChI=1S/C12H18BrN3O/c1-7-5-8(6-15-10(7)13)16-11(17)9(14)12(2,3)4/h5-6,9H,14H2,1-4H3,(H,16,17)/t9-/m0/s1. The molecule has 0 radical (unpaired) electrons. The van der Waals surface area contributed by atoms with E-state index in [1.807, 2.05) is 33.8 Å². The second-order valence-electron chi connectivity index (χ2n) is 5.16. The molecule has 0 fully saturated rings. The van der Waals surface area contributed by atoms with Gasteiger partial charge in [-0.2, -0.15) is 0 Å². The Morgan fingerprint density at radius 1 is 1.53 bits per heavy atom. The molecule has 0 saturated carbocycles. The van der Waals surface area contributed by atoms with Gasteiger partial charge in [-0.25, -0.2) is 4.98 Å². The Morgan fingerprint density at radius 2 is 2.12 bits per heavy atom. The van der Waals surface area contributed by atoms with Gasteiger partial charge in [-0.1, -0.05) is 20.8 Å². The molecule has 1 atom stereocenters. The molecule has 3 N–H and O–H groups in total. The number of anilines is 1. The summed E-state index contributed by atoms with van der Waals surface area (Å²) in [6.07, 6.45) is 1.60. The topological polar surface area (TPSA) is 68.0 Å². The summed E-state index contributed by atoms with van der Waals surface area (Å²) in [4.78, 5) is 16.0. The number of hydrogen-bond acceptors (Lipinski definition) is 3. The van der Waals surface area contributed by atoms with Crippen LogP contribution in [0.1, 0.15) is 26.3 Å². The Morgan fingerprint density at radius 3 is 2.59 bits per heavy atom. The third-order valence-corrected chi connectivity index (χ3v) is 3.33. The molecule has 1 aromatic heterocycles. The molecule has 0 aromatic carbocycles. The van der Waals surface area contributed by atoms with E-state index in [1.165, 1.54) is 0 Å². The van der Waals surface area contributed by atoms with Crippen molar-refractivity contribution in [1.82, 2.24) is 4.98 Å². The normalized spacial score (nSPS) is 13.3. The fraction of sp³-hybridized carbons (Fsp3) is 0.500. The van der Waals surface area contributed by atoms with E-state index in [4.69, 9.17) is 5.73 Å². The zero-order valence-corrected chi connectivity index (χ0v) is 12.1. The molecular formula is C12H18BrN3O. The molecule has 0 saturated heterocycles. The minimum atomic E-state index is -0.550. The number of aryl methyl sites for hydroxylation is 1. The van der Waals surface area contributed by atoms with Crippen molar-refractivity contribution in [2.45, 2.75) is 33.7 Å². The maximum atomic E-state index is 11.9. The van der Waals surface area contributed by atoms with E-state index in [0.29, 0.717) is 5.69 Å². The number of nitrogens with two attached hydrogens (primary N) is 1. The SMILES string of the molecule is Cc1cc(NC(=O)[C@H](N)C(C)(C)C)cnc1Br. The minimum Gasteiger partial charge on any atom is -0.323 e. The second-order valence-corrected chi connectivity index (χ2v) is 5.92. The maximum Gasteiger partial charge on any atom is 0.241 e. The number of nitrogens with zero attached hydrogens (tertiary/aromatic N) is 1. The molecular weight excluding hydrogens is 282 g/mol. The second kappa shape index (κ2) is 5.14. The number of carbonyl (C=O) groups excluding carboxylic acids is 1. The highest BCUT2D eigenvalue weighted by molar-refractivity contribution is 9.10. The highest BCUT2D eigenvalue weighted by atomic mass is 79.9. The minimum absolute atomic E-state index is 0.193. The van der Waals surface area contributed by atoms with Crippen LogP contribution in [-0.2, 0) is 4.79 Å². The first-order chi connectivity index (χ1) is 7.71. The van der Waals surface area contributed by atoms with E-state index >= 15 is 0 Å². The third kappa shape index (κ3) is 3.78. The zero-order chi connectivity index (χ0) is 13.2. The number of rotatable bonds is 2. The predicted molar refractivity (Wildman–Crippen MR) is 72.7 cm³/mol. The molecule has 17 heavy (non-hydrogen) atoms. The Balaban J connectivity index is 2.78. The van der Waals surface area contributed by atoms with Crippen molar-refractivity contribution in [2.75, 3.05) is 5.32 Å². The highest BCUT2D eigenvalue weighted by Gasteiger charge is 2.27. The van der Waals surface area contributed by atoms with Crippen molar-refractivity contribution in [3.63, 3.8) is 0 Å². The lowest BCUT2D eigenvalue weighted by atomic mass is 9.87. The first-order valence-corrected chi connectivity index (χ1v) is 6.19. The first-order valence-electron chi connectivity index (χ1n) is 5.40. The maximum absolute atomic E-state index is 11.9. The summed E-state index contributed by atoms with van der Waals surface area (Å²) < 4.78 is 0.774. The largest absolute Gasteiger partial charge is 0.323 e. The summed E-state index contributed by atoms with van der Waals surface area (Å²) in [6, 6.07) is 1.30. The van der Waals surface area contributed by atoms with Crippen molar-refractivity contribution >= 4 is 27.5 Å². The van der Waals surface area contributed by atoms with Crippen LogP contribution in [-0.4, -0.2) is 16.9 Å². The fourth-order valence-corrected chi connectivity index (χ4v) is 1.46. The van der Waals surface area contributed by atoms with Gasteiger partial charge in [-0.3, -0.25) is 4.79 Å². The Labute approximate surface area is 110 Å². The van der Waals surface area contributed by atoms with Gasteiger partial charge in [0, 0.05) is 0 Å². The van der Waals surface area contributed by atoms with Crippen molar-refractivity contribution in [2.24, 2.45) is 11.1 Å². The van der Waals surface area contributed by atoms with Crippen LogP contribution in [0.4, 0.5) is 5.69 Å². The van der Waals surface area contributed by atoms with Gasteiger partial charge in [0.1, 0.15) is 4.60 Å². The van der Waals surface area contributed by atoms with Crippen molar-refractivity contribution < 1.29 is 4.79 Å². The summed E-state index contributed by atoms with van der Waals surface area (Å²) >= 11 is 3.31. The van der Waals surface area contributed by atoms with Gasteiger partial charge >= 0.3 is 0 Å². The van der Waals surface area contributed by atoms with Gasteiger partial charge < -0.3 is 11.1 Å². The van der Waals surface area contributed by atoms with Crippen LogP contribution >= 0.6 is 15.9 Å². The summed E-state index contributed by atoms with van der Waals surface area (Å²) in [5, 5.41) is 2.77. The number of pyridine rings is 1. The summed E-state index contributed by atoms with van der Waals surface area (Å²) in [7, 11) is 0. The molecule has 5 heteroatoms. The molecule has 0 spiro atoms. The molecule has 4 nitrogen and oxygen atoms in total. The van der Waals surface area contributed by atoms with Crippen LogP contribution in [0.15, 0.2) is 16.9 Å². The van der Waals surface area contributed by atoms with Crippen LogP contribution in [0.3, 0.4) is 0 Å². The monoisotopic (exact) mass is 299 g/mol. The number of aromatic nitrogens is 1. The van der Waals surface area contributed by atoms with Crippen LogP contribution in [0.25, 0.3) is 0 Å². The number of nitrogens with one attached hydrogen (secondary N) is 1. The summed E-state index contributed by atoms with van der Waals surface area (Å²) in [5.74, 6) is -0.193. The molecule has 1 heterocycles. The molecule has 1 rings (SSSR count). The van der Waals surface area contributed by atoms with Crippen molar-refractivity contribution in [1.29, 1.82) is 0 Å². The number of carbonyl (C=O) groups is 1. The average molecular weight is 300 g/mol. The van der Waals surface area contributed by atoms with E-state index in [-0.39, 0.29) is 11.3 Å². The molecule has 94 valence electrons. The molecule has 0 aliphatic heterocycles. The van der Waals surface area contributed by atoms with Gasteiger partial charge in [-0.15, -0.1) is 0 Å². The van der Waals surface area contributed by atoms with Gasteiger partial charge in [0.15, 0.2) is 0 Å². The summed E-state index contributed by atoms with van der Waals surface area (Å²) in [5.41, 5.74) is 7.23. The van der Waals surface area contributed by atoms with Gasteiger partial charge in [0.05, 0.1) is 17.9 Å². The molecule has 0 aliphatic rings. The molecule has 1 aromatic rings. The molecule has 0 unspecified atom stereocenters. The van der Waals surface area contributed by atoms with E-state index < -0.39 is 6.04 Å². The predicted octanol–water partition coefficient (Wildman–Crippen LogP) is 2.46.